The standard InChI is InChI=1S/C15H14FNO4/c1-10-3-2-4-14(15(10)17(19)20)21-9-13(18)11-5-7-12(16)8-6-11/h2-8,13,18H,9H2,1H3. The number of rotatable bonds is 5. The summed E-state index contributed by atoms with van der Waals surface area (Å²) in [6.45, 7) is 1.46. The lowest BCUT2D eigenvalue weighted by molar-refractivity contribution is -0.386. The zero-order valence-corrected chi connectivity index (χ0v) is 11.3. The second-order valence-electron chi connectivity index (χ2n) is 4.56. The maximum atomic E-state index is 12.8. The van der Waals surface area contributed by atoms with Crippen LogP contribution in [0.3, 0.4) is 0 Å². The summed E-state index contributed by atoms with van der Waals surface area (Å²) in [5.41, 5.74) is 0.837. The van der Waals surface area contributed by atoms with E-state index in [0.717, 1.165) is 0 Å². The highest BCUT2D eigenvalue weighted by molar-refractivity contribution is 5.52. The fourth-order valence-corrected chi connectivity index (χ4v) is 1.93. The highest BCUT2D eigenvalue weighted by Gasteiger charge is 2.19. The highest BCUT2D eigenvalue weighted by atomic mass is 19.1. The van der Waals surface area contributed by atoms with Gasteiger partial charge in [-0.25, -0.2) is 4.39 Å². The van der Waals surface area contributed by atoms with Crippen LogP contribution in [-0.4, -0.2) is 16.6 Å². The molecule has 0 amide bonds. The molecule has 1 N–H and O–H groups in total. The fraction of sp³-hybridized carbons (Fsp3) is 0.200. The maximum Gasteiger partial charge on any atom is 0.313 e. The topological polar surface area (TPSA) is 72.6 Å². The van der Waals surface area contributed by atoms with Gasteiger partial charge in [0.15, 0.2) is 5.75 Å². The van der Waals surface area contributed by atoms with E-state index in [9.17, 15) is 19.6 Å². The fourth-order valence-electron chi connectivity index (χ4n) is 1.93. The van der Waals surface area contributed by atoms with Crippen molar-refractivity contribution in [1.29, 1.82) is 0 Å². The Bertz CT molecular complexity index is 643. The SMILES string of the molecule is Cc1cccc(OCC(O)c2ccc(F)cc2)c1[N+](=O)[O-]. The highest BCUT2D eigenvalue weighted by Crippen LogP contribution is 2.30. The number of benzene rings is 2. The number of halogens is 1. The molecular formula is C15H14FNO4. The van der Waals surface area contributed by atoms with Gasteiger partial charge in [-0.1, -0.05) is 24.3 Å². The second-order valence-corrected chi connectivity index (χ2v) is 4.56. The molecule has 0 heterocycles. The first-order chi connectivity index (χ1) is 9.99. The van der Waals surface area contributed by atoms with Crippen LogP contribution in [0.25, 0.3) is 0 Å². The van der Waals surface area contributed by atoms with Gasteiger partial charge in [0.2, 0.25) is 0 Å². The van der Waals surface area contributed by atoms with Crippen LogP contribution in [0.4, 0.5) is 10.1 Å². The molecule has 0 aromatic heterocycles. The number of aryl methyl sites for hydroxylation is 1. The minimum absolute atomic E-state index is 0.0983. The molecule has 2 aromatic carbocycles. The molecular weight excluding hydrogens is 277 g/mol. The summed E-state index contributed by atoms with van der Waals surface area (Å²) >= 11 is 0. The van der Waals surface area contributed by atoms with E-state index in [4.69, 9.17) is 4.74 Å². The van der Waals surface area contributed by atoms with Gasteiger partial charge in [0.1, 0.15) is 18.5 Å². The quantitative estimate of drug-likeness (QED) is 0.678. The number of ether oxygens (including phenoxy) is 1. The van der Waals surface area contributed by atoms with Crippen LogP contribution in [-0.2, 0) is 0 Å². The van der Waals surface area contributed by atoms with E-state index < -0.39 is 16.8 Å². The Hall–Kier alpha value is -2.47. The lowest BCUT2D eigenvalue weighted by Crippen LogP contribution is -2.10. The summed E-state index contributed by atoms with van der Waals surface area (Å²) in [7, 11) is 0. The lowest BCUT2D eigenvalue weighted by atomic mass is 10.1. The number of para-hydroxylation sites is 1. The Morgan fingerprint density at radius 1 is 1.29 bits per heavy atom. The summed E-state index contributed by atoms with van der Waals surface area (Å²) in [5, 5.41) is 21.0. The number of nitro benzene ring substituents is 1. The van der Waals surface area contributed by atoms with E-state index in [1.165, 1.54) is 30.3 Å². The summed E-state index contributed by atoms with van der Waals surface area (Å²) < 4.78 is 18.1. The van der Waals surface area contributed by atoms with Gasteiger partial charge in [-0.3, -0.25) is 10.1 Å². The monoisotopic (exact) mass is 291 g/mol. The molecule has 5 nitrogen and oxygen atoms in total. The van der Waals surface area contributed by atoms with Crippen molar-refractivity contribution in [2.45, 2.75) is 13.0 Å². The van der Waals surface area contributed by atoms with Crippen molar-refractivity contribution in [3.8, 4) is 5.75 Å². The van der Waals surface area contributed by atoms with Gasteiger partial charge >= 0.3 is 5.69 Å². The van der Waals surface area contributed by atoms with Crippen molar-refractivity contribution in [1.82, 2.24) is 0 Å². The number of hydrogen-bond acceptors (Lipinski definition) is 4. The molecule has 0 radical (unpaired) electrons. The molecule has 0 saturated carbocycles. The van der Waals surface area contributed by atoms with Crippen LogP contribution in [0.2, 0.25) is 0 Å². The largest absolute Gasteiger partial charge is 0.484 e. The van der Waals surface area contributed by atoms with Gasteiger partial charge < -0.3 is 9.84 Å². The Morgan fingerprint density at radius 3 is 2.57 bits per heavy atom. The van der Waals surface area contributed by atoms with Crippen molar-refractivity contribution in [3.05, 3.63) is 69.5 Å². The second kappa shape index (κ2) is 6.32. The van der Waals surface area contributed by atoms with E-state index in [1.54, 1.807) is 19.1 Å². The molecule has 6 heteroatoms. The molecule has 0 bridgehead atoms. The van der Waals surface area contributed by atoms with Crippen molar-refractivity contribution in [2.75, 3.05) is 6.61 Å². The molecule has 0 saturated heterocycles. The first-order valence-corrected chi connectivity index (χ1v) is 6.29. The van der Waals surface area contributed by atoms with Crippen molar-refractivity contribution < 1.29 is 19.2 Å². The van der Waals surface area contributed by atoms with Crippen molar-refractivity contribution in [2.24, 2.45) is 0 Å². The average Bonchev–Trinajstić information content (AvgIpc) is 2.45. The third kappa shape index (κ3) is 3.55. The van der Waals surface area contributed by atoms with E-state index in [-0.39, 0.29) is 18.0 Å². The number of nitro groups is 1. The van der Waals surface area contributed by atoms with Gasteiger partial charge in [0, 0.05) is 5.56 Å². The first-order valence-electron chi connectivity index (χ1n) is 6.29. The number of nitrogens with zero attached hydrogens (tertiary/aromatic N) is 1. The Labute approximate surface area is 120 Å². The Kier molecular flexibility index (Phi) is 4.49. The summed E-state index contributed by atoms with van der Waals surface area (Å²) in [6.07, 6.45) is -0.995. The van der Waals surface area contributed by atoms with Crippen LogP contribution < -0.4 is 4.74 Å². The molecule has 0 fully saturated rings. The van der Waals surface area contributed by atoms with E-state index in [1.807, 2.05) is 0 Å². The lowest BCUT2D eigenvalue weighted by Gasteiger charge is -2.13. The van der Waals surface area contributed by atoms with E-state index in [0.29, 0.717) is 11.1 Å². The van der Waals surface area contributed by atoms with Crippen molar-refractivity contribution >= 4 is 5.69 Å². The number of aliphatic hydroxyl groups excluding tert-OH is 1. The molecule has 0 aliphatic rings. The average molecular weight is 291 g/mol. The maximum absolute atomic E-state index is 12.8. The Balaban J connectivity index is 2.11. The van der Waals surface area contributed by atoms with E-state index in [2.05, 4.69) is 0 Å². The molecule has 110 valence electrons. The third-order valence-electron chi connectivity index (χ3n) is 3.03. The van der Waals surface area contributed by atoms with Crippen LogP contribution in [0, 0.1) is 22.9 Å². The minimum Gasteiger partial charge on any atom is -0.484 e. The van der Waals surface area contributed by atoms with Gasteiger partial charge in [0.25, 0.3) is 0 Å². The predicted octanol–water partition coefficient (Wildman–Crippen LogP) is 3.15. The zero-order chi connectivity index (χ0) is 15.4. The smallest absolute Gasteiger partial charge is 0.313 e. The predicted molar refractivity (Wildman–Crippen MR) is 74.7 cm³/mol. The molecule has 2 aromatic rings. The molecule has 0 aliphatic heterocycles. The minimum atomic E-state index is -0.995. The zero-order valence-electron chi connectivity index (χ0n) is 11.3. The van der Waals surface area contributed by atoms with Crippen LogP contribution in [0.1, 0.15) is 17.2 Å². The first kappa shape index (κ1) is 14.9. The molecule has 1 unspecified atom stereocenters. The van der Waals surface area contributed by atoms with E-state index >= 15 is 0 Å². The van der Waals surface area contributed by atoms with Gasteiger partial charge in [-0.2, -0.15) is 0 Å². The van der Waals surface area contributed by atoms with Gasteiger partial charge in [-0.05, 0) is 30.7 Å². The van der Waals surface area contributed by atoms with Gasteiger partial charge in [0.05, 0.1) is 4.92 Å². The molecule has 0 spiro atoms. The summed E-state index contributed by atoms with van der Waals surface area (Å²) in [4.78, 5) is 10.5. The van der Waals surface area contributed by atoms with Crippen LogP contribution in [0.15, 0.2) is 42.5 Å². The molecule has 0 aliphatic carbocycles. The number of hydrogen-bond donors (Lipinski definition) is 1. The molecule has 1 atom stereocenters. The normalized spacial score (nSPS) is 12.0. The molecule has 2 rings (SSSR count). The van der Waals surface area contributed by atoms with Crippen LogP contribution in [0.5, 0.6) is 5.75 Å². The van der Waals surface area contributed by atoms with Crippen LogP contribution >= 0.6 is 0 Å². The Morgan fingerprint density at radius 2 is 1.95 bits per heavy atom. The summed E-state index contributed by atoms with van der Waals surface area (Å²) in [6, 6.07) is 10.1. The third-order valence-corrected chi connectivity index (χ3v) is 3.03. The number of aliphatic hydroxyl groups is 1. The van der Waals surface area contributed by atoms with Gasteiger partial charge in [-0.15, -0.1) is 0 Å². The summed E-state index contributed by atoms with van der Waals surface area (Å²) in [5.74, 6) is -0.303. The van der Waals surface area contributed by atoms with Crippen molar-refractivity contribution in [3.63, 3.8) is 0 Å². The molecule has 21 heavy (non-hydrogen) atoms.